The third-order valence-corrected chi connectivity index (χ3v) is 4.83. The van der Waals surface area contributed by atoms with Gasteiger partial charge in [0, 0.05) is 32.1 Å². The van der Waals surface area contributed by atoms with Crippen molar-refractivity contribution >= 4 is 5.91 Å². The Morgan fingerprint density at radius 1 is 1.33 bits per heavy atom. The van der Waals surface area contributed by atoms with Crippen LogP contribution in [0.1, 0.15) is 18.4 Å². The van der Waals surface area contributed by atoms with Crippen molar-refractivity contribution in [3.05, 3.63) is 35.6 Å². The van der Waals surface area contributed by atoms with Gasteiger partial charge in [0.1, 0.15) is 11.4 Å². The van der Waals surface area contributed by atoms with Crippen LogP contribution in [-0.2, 0) is 20.7 Å². The average molecular weight is 337 g/mol. The molecule has 2 heterocycles. The van der Waals surface area contributed by atoms with Crippen LogP contribution in [0.3, 0.4) is 0 Å². The number of ether oxygens (including phenoxy) is 2. The number of rotatable bonds is 4. The predicted molar refractivity (Wildman–Crippen MR) is 86.0 cm³/mol. The van der Waals surface area contributed by atoms with E-state index in [0.717, 1.165) is 18.4 Å². The van der Waals surface area contributed by atoms with E-state index in [4.69, 9.17) is 9.47 Å². The Hall–Kier alpha value is -1.50. The average Bonchev–Trinajstić information content (AvgIpc) is 2.62. The highest BCUT2D eigenvalue weighted by Gasteiger charge is 2.39. The highest BCUT2D eigenvalue weighted by atomic mass is 19.1. The minimum Gasteiger partial charge on any atom is -0.393 e. The van der Waals surface area contributed by atoms with Crippen LogP contribution in [0.25, 0.3) is 0 Å². The normalized spacial score (nSPS) is 25.7. The summed E-state index contributed by atoms with van der Waals surface area (Å²) in [5.74, 6) is -0.215. The highest BCUT2D eigenvalue weighted by Crippen LogP contribution is 2.26. The van der Waals surface area contributed by atoms with Crippen molar-refractivity contribution in [3.8, 4) is 0 Å². The van der Waals surface area contributed by atoms with Gasteiger partial charge < -0.3 is 19.5 Å². The minimum absolute atomic E-state index is 0.0117. The monoisotopic (exact) mass is 337 g/mol. The molecule has 0 saturated carbocycles. The van der Waals surface area contributed by atoms with Crippen LogP contribution in [0.2, 0.25) is 0 Å². The molecule has 5 nitrogen and oxygen atoms in total. The lowest BCUT2D eigenvalue weighted by Gasteiger charge is -2.43. The number of carbonyl (C=O) groups excluding carboxylic acids is 1. The third kappa shape index (κ3) is 3.94. The number of hydrogen-bond acceptors (Lipinski definition) is 4. The molecular weight excluding hydrogens is 313 g/mol. The quantitative estimate of drug-likeness (QED) is 0.902. The summed E-state index contributed by atoms with van der Waals surface area (Å²) in [7, 11) is 0. The lowest BCUT2D eigenvalue weighted by atomic mass is 9.91. The van der Waals surface area contributed by atoms with Gasteiger partial charge in [0.15, 0.2) is 0 Å². The Balaban J connectivity index is 1.70. The van der Waals surface area contributed by atoms with Crippen LogP contribution in [0.4, 0.5) is 4.39 Å². The fourth-order valence-corrected chi connectivity index (χ4v) is 3.51. The molecule has 2 fully saturated rings. The van der Waals surface area contributed by atoms with Crippen LogP contribution in [0, 0.1) is 11.7 Å². The second-order valence-corrected chi connectivity index (χ2v) is 6.64. The van der Waals surface area contributed by atoms with Crippen molar-refractivity contribution in [2.24, 2.45) is 5.92 Å². The first kappa shape index (κ1) is 17.3. The van der Waals surface area contributed by atoms with Crippen molar-refractivity contribution in [3.63, 3.8) is 0 Å². The van der Waals surface area contributed by atoms with Crippen molar-refractivity contribution in [2.45, 2.75) is 24.9 Å². The van der Waals surface area contributed by atoms with Crippen molar-refractivity contribution in [1.29, 1.82) is 0 Å². The van der Waals surface area contributed by atoms with Gasteiger partial charge >= 0.3 is 0 Å². The summed E-state index contributed by atoms with van der Waals surface area (Å²) in [6.07, 6.45) is 1.86. The maximum Gasteiger partial charge on any atom is 0.226 e. The zero-order valence-corrected chi connectivity index (χ0v) is 13.7. The van der Waals surface area contributed by atoms with Gasteiger partial charge in [-0.25, -0.2) is 4.39 Å². The van der Waals surface area contributed by atoms with Gasteiger partial charge in [0.05, 0.1) is 19.8 Å². The van der Waals surface area contributed by atoms with Crippen LogP contribution < -0.4 is 0 Å². The van der Waals surface area contributed by atoms with Crippen LogP contribution in [-0.4, -0.2) is 61.0 Å². The Morgan fingerprint density at radius 3 is 2.83 bits per heavy atom. The van der Waals surface area contributed by atoms with Crippen LogP contribution in [0.15, 0.2) is 24.3 Å². The van der Waals surface area contributed by atoms with Crippen LogP contribution in [0.5, 0.6) is 0 Å². The number of carbonyl (C=O) groups is 1. The minimum atomic E-state index is -0.868. The molecular formula is C18H24FNO4. The fourth-order valence-electron chi connectivity index (χ4n) is 3.51. The van der Waals surface area contributed by atoms with Gasteiger partial charge in [-0.3, -0.25) is 4.79 Å². The molecule has 0 bridgehead atoms. The molecule has 1 N–H and O–H groups in total. The number of hydrogen-bond donors (Lipinski definition) is 1. The predicted octanol–water partition coefficient (Wildman–Crippen LogP) is 1.38. The van der Waals surface area contributed by atoms with Crippen molar-refractivity contribution in [2.75, 3.05) is 39.5 Å². The molecule has 0 aliphatic carbocycles. The van der Waals surface area contributed by atoms with E-state index in [9.17, 15) is 14.3 Å². The summed E-state index contributed by atoms with van der Waals surface area (Å²) in [6.45, 7) is 2.27. The Labute approximate surface area is 141 Å². The third-order valence-electron chi connectivity index (χ3n) is 4.83. The lowest BCUT2D eigenvalue weighted by molar-refractivity contribution is -0.163. The zero-order chi connectivity index (χ0) is 17.0. The number of nitrogens with zero attached hydrogens (tertiary/aromatic N) is 1. The topological polar surface area (TPSA) is 59.0 Å². The molecule has 24 heavy (non-hydrogen) atoms. The van der Waals surface area contributed by atoms with E-state index in [1.165, 1.54) is 12.1 Å². The zero-order valence-electron chi connectivity index (χ0n) is 13.7. The second-order valence-electron chi connectivity index (χ2n) is 6.64. The molecule has 6 heteroatoms. The summed E-state index contributed by atoms with van der Waals surface area (Å²) >= 11 is 0. The number of aliphatic hydroxyl groups is 1. The van der Waals surface area contributed by atoms with Crippen molar-refractivity contribution < 1.29 is 23.8 Å². The number of amides is 1. The van der Waals surface area contributed by atoms with Crippen LogP contribution >= 0.6 is 0 Å². The number of benzene rings is 1. The number of aliphatic hydroxyl groups excluding tert-OH is 1. The molecule has 2 aliphatic rings. The summed E-state index contributed by atoms with van der Waals surface area (Å²) < 4.78 is 24.6. The van der Waals surface area contributed by atoms with E-state index < -0.39 is 5.60 Å². The Kier molecular flexibility index (Phi) is 5.48. The molecule has 0 aromatic heterocycles. The van der Waals surface area contributed by atoms with Gasteiger partial charge in [-0.15, -0.1) is 0 Å². The largest absolute Gasteiger partial charge is 0.393 e. The first-order chi connectivity index (χ1) is 11.6. The number of morpholine rings is 1. The standard InChI is InChI=1S/C18H24FNO4/c19-16-3-1-2-14(10-16)11-18(13-21)12-20(6-9-24-18)17(22)15-4-7-23-8-5-15/h1-3,10,15,21H,4-9,11-13H2/t18-/m1/s1. The van der Waals surface area contributed by atoms with E-state index in [1.54, 1.807) is 11.0 Å². The molecule has 1 atom stereocenters. The molecule has 0 radical (unpaired) electrons. The fraction of sp³-hybridized carbons (Fsp3) is 0.611. The molecule has 0 unspecified atom stereocenters. The van der Waals surface area contributed by atoms with Gasteiger partial charge in [-0.1, -0.05) is 12.1 Å². The van der Waals surface area contributed by atoms with E-state index in [0.29, 0.717) is 39.3 Å². The molecule has 2 saturated heterocycles. The maximum absolute atomic E-state index is 13.4. The van der Waals surface area contributed by atoms with Gasteiger partial charge in [-0.05, 0) is 30.5 Å². The van der Waals surface area contributed by atoms with Gasteiger partial charge in [-0.2, -0.15) is 0 Å². The summed E-state index contributed by atoms with van der Waals surface area (Å²) in [5, 5.41) is 9.91. The van der Waals surface area contributed by atoms with Crippen molar-refractivity contribution in [1.82, 2.24) is 4.90 Å². The highest BCUT2D eigenvalue weighted by molar-refractivity contribution is 5.79. The van der Waals surface area contributed by atoms with E-state index in [1.807, 2.05) is 6.07 Å². The molecule has 132 valence electrons. The second kappa shape index (κ2) is 7.59. The van der Waals surface area contributed by atoms with Gasteiger partial charge in [0.25, 0.3) is 0 Å². The summed E-state index contributed by atoms with van der Waals surface area (Å²) in [5.41, 5.74) is -0.114. The molecule has 2 aliphatic heterocycles. The molecule has 3 rings (SSSR count). The number of halogens is 1. The Bertz CT molecular complexity index is 576. The summed E-state index contributed by atoms with van der Waals surface area (Å²) in [6, 6.07) is 6.28. The van der Waals surface area contributed by atoms with E-state index in [-0.39, 0.29) is 24.2 Å². The first-order valence-electron chi connectivity index (χ1n) is 8.48. The van der Waals surface area contributed by atoms with E-state index in [2.05, 4.69) is 0 Å². The van der Waals surface area contributed by atoms with Gasteiger partial charge in [0.2, 0.25) is 5.91 Å². The molecule has 0 spiro atoms. The van der Waals surface area contributed by atoms with E-state index >= 15 is 0 Å². The maximum atomic E-state index is 13.4. The SMILES string of the molecule is O=C(C1CCOCC1)N1CCO[C@](CO)(Cc2cccc(F)c2)C1. The molecule has 1 amide bonds. The first-order valence-corrected chi connectivity index (χ1v) is 8.48. The molecule has 1 aromatic carbocycles. The smallest absolute Gasteiger partial charge is 0.226 e. The Morgan fingerprint density at radius 2 is 2.12 bits per heavy atom. The lowest BCUT2D eigenvalue weighted by Crippen LogP contribution is -2.58. The summed E-state index contributed by atoms with van der Waals surface area (Å²) in [4.78, 5) is 14.5. The molecule has 1 aromatic rings.